The Hall–Kier alpha value is -2.18. The number of rotatable bonds is 6. The van der Waals surface area contributed by atoms with Gasteiger partial charge in [0.1, 0.15) is 11.5 Å². The van der Waals surface area contributed by atoms with E-state index in [9.17, 15) is 0 Å². The van der Waals surface area contributed by atoms with Crippen LogP contribution in [0.2, 0.25) is 0 Å². The molecular formula is C20H27N5O. The molecule has 6 heteroatoms. The molecule has 138 valence electrons. The van der Waals surface area contributed by atoms with Crippen molar-refractivity contribution >= 4 is 5.65 Å². The van der Waals surface area contributed by atoms with E-state index in [0.717, 1.165) is 56.3 Å². The topological polar surface area (TPSA) is 56.4 Å². The van der Waals surface area contributed by atoms with Gasteiger partial charge >= 0.3 is 0 Å². The van der Waals surface area contributed by atoms with E-state index in [0.29, 0.717) is 5.92 Å². The van der Waals surface area contributed by atoms with E-state index in [4.69, 9.17) is 9.72 Å². The van der Waals surface area contributed by atoms with Crippen LogP contribution in [-0.2, 0) is 17.8 Å². The second kappa shape index (κ2) is 7.60. The van der Waals surface area contributed by atoms with Gasteiger partial charge in [-0.2, -0.15) is 0 Å². The van der Waals surface area contributed by atoms with E-state index in [1.54, 1.807) is 0 Å². The molecule has 0 amide bonds. The maximum Gasteiger partial charge on any atom is 0.137 e. The number of fused-ring (bicyclic) bond motifs is 1. The Morgan fingerprint density at radius 2 is 2.12 bits per heavy atom. The Kier molecular flexibility index (Phi) is 5.04. The minimum Gasteiger partial charge on any atom is -0.381 e. The number of hydrogen-bond acceptors (Lipinski definition) is 4. The lowest BCUT2D eigenvalue weighted by Crippen LogP contribution is -2.34. The van der Waals surface area contributed by atoms with Crippen molar-refractivity contribution in [3.63, 3.8) is 0 Å². The highest BCUT2D eigenvalue weighted by Gasteiger charge is 2.28. The molecule has 1 N–H and O–H groups in total. The van der Waals surface area contributed by atoms with Crippen LogP contribution in [0.25, 0.3) is 5.65 Å². The third kappa shape index (κ3) is 3.52. The van der Waals surface area contributed by atoms with E-state index >= 15 is 0 Å². The summed E-state index contributed by atoms with van der Waals surface area (Å²) < 4.78 is 9.90. The lowest BCUT2D eigenvalue weighted by molar-refractivity contribution is 0.0516. The number of imidazole rings is 2. The zero-order chi connectivity index (χ0) is 17.9. The van der Waals surface area contributed by atoms with E-state index in [1.165, 1.54) is 5.56 Å². The normalized spacial score (nSPS) is 17.0. The zero-order valence-electron chi connectivity index (χ0n) is 15.6. The van der Waals surface area contributed by atoms with Crippen molar-refractivity contribution in [2.45, 2.75) is 45.8 Å². The molecule has 26 heavy (non-hydrogen) atoms. The second-order valence-electron chi connectivity index (χ2n) is 7.08. The molecule has 4 rings (SSSR count). The fourth-order valence-corrected chi connectivity index (χ4v) is 3.84. The molecule has 0 aromatic carbocycles. The number of aromatic nitrogens is 4. The number of nitrogens with zero attached hydrogens (tertiary/aromatic N) is 4. The summed E-state index contributed by atoms with van der Waals surface area (Å²) in [5.41, 5.74) is 3.28. The lowest BCUT2D eigenvalue weighted by Gasteiger charge is -2.31. The smallest absolute Gasteiger partial charge is 0.137 e. The Labute approximate surface area is 154 Å². The fraction of sp³-hybridized carbons (Fsp3) is 0.500. The molecule has 1 aliphatic heterocycles. The van der Waals surface area contributed by atoms with Crippen molar-refractivity contribution in [1.29, 1.82) is 0 Å². The standard InChI is InChI=1S/C20H27N5O/c1-3-24-9-8-21-20(24)19(16-6-10-26-11-7-16)22-12-17-14-25-13-15(2)4-5-18(25)23-17/h4-5,8-9,13-14,16,19,22H,3,6-7,10-12H2,1-2H3/t19-/m1/s1. The van der Waals surface area contributed by atoms with Crippen molar-refractivity contribution in [2.24, 2.45) is 5.92 Å². The first-order chi connectivity index (χ1) is 12.7. The average molecular weight is 353 g/mol. The summed E-state index contributed by atoms with van der Waals surface area (Å²) in [6.07, 6.45) is 10.3. The zero-order valence-corrected chi connectivity index (χ0v) is 15.6. The molecule has 1 saturated heterocycles. The molecule has 1 aliphatic rings. The number of aryl methyl sites for hydroxylation is 2. The van der Waals surface area contributed by atoms with Gasteiger partial charge in [0.25, 0.3) is 0 Å². The SMILES string of the molecule is CCn1ccnc1[C@H](NCc1cn2cc(C)ccc2n1)C1CCOCC1. The molecule has 3 aromatic heterocycles. The van der Waals surface area contributed by atoms with Crippen LogP contribution in [0.5, 0.6) is 0 Å². The Bertz CT molecular complexity index is 862. The van der Waals surface area contributed by atoms with Crippen molar-refractivity contribution in [2.75, 3.05) is 13.2 Å². The highest BCUT2D eigenvalue weighted by Crippen LogP contribution is 2.29. The predicted octanol–water partition coefficient (Wildman–Crippen LogP) is 3.12. The molecule has 3 aromatic rings. The van der Waals surface area contributed by atoms with E-state index < -0.39 is 0 Å². The van der Waals surface area contributed by atoms with E-state index in [2.05, 4.69) is 63.8 Å². The van der Waals surface area contributed by atoms with Crippen molar-refractivity contribution < 1.29 is 4.74 Å². The summed E-state index contributed by atoms with van der Waals surface area (Å²) in [5, 5.41) is 3.74. The first kappa shape index (κ1) is 17.2. The van der Waals surface area contributed by atoms with Gasteiger partial charge in [0.15, 0.2) is 0 Å². The quantitative estimate of drug-likeness (QED) is 0.740. The van der Waals surface area contributed by atoms with Crippen LogP contribution < -0.4 is 5.32 Å². The Balaban J connectivity index is 1.55. The molecular weight excluding hydrogens is 326 g/mol. The summed E-state index contributed by atoms with van der Waals surface area (Å²) >= 11 is 0. The number of nitrogens with one attached hydrogen (secondary N) is 1. The number of hydrogen-bond donors (Lipinski definition) is 1. The molecule has 4 heterocycles. The number of ether oxygens (including phenoxy) is 1. The van der Waals surface area contributed by atoms with Crippen LogP contribution in [0.4, 0.5) is 0 Å². The average Bonchev–Trinajstić information content (AvgIpc) is 3.29. The molecule has 0 bridgehead atoms. The van der Waals surface area contributed by atoms with Crippen LogP contribution in [-0.4, -0.2) is 32.1 Å². The minimum atomic E-state index is 0.223. The molecule has 0 saturated carbocycles. The number of pyridine rings is 1. The fourth-order valence-electron chi connectivity index (χ4n) is 3.84. The van der Waals surface area contributed by atoms with Gasteiger partial charge < -0.3 is 19.0 Å². The van der Waals surface area contributed by atoms with Gasteiger partial charge in [-0.15, -0.1) is 0 Å². The highest BCUT2D eigenvalue weighted by atomic mass is 16.5. The predicted molar refractivity (Wildman–Crippen MR) is 101 cm³/mol. The third-order valence-electron chi connectivity index (χ3n) is 5.26. The summed E-state index contributed by atoms with van der Waals surface area (Å²) in [6, 6.07) is 4.39. The van der Waals surface area contributed by atoms with Gasteiger partial charge in [0, 0.05) is 51.1 Å². The van der Waals surface area contributed by atoms with Gasteiger partial charge in [-0.05, 0) is 44.2 Å². The molecule has 0 spiro atoms. The molecule has 1 atom stereocenters. The van der Waals surface area contributed by atoms with Crippen LogP contribution >= 0.6 is 0 Å². The van der Waals surface area contributed by atoms with E-state index in [-0.39, 0.29) is 6.04 Å². The first-order valence-electron chi connectivity index (χ1n) is 9.51. The summed E-state index contributed by atoms with van der Waals surface area (Å²) in [5.74, 6) is 1.66. The molecule has 6 nitrogen and oxygen atoms in total. The highest BCUT2D eigenvalue weighted by molar-refractivity contribution is 5.41. The van der Waals surface area contributed by atoms with Gasteiger partial charge in [-0.3, -0.25) is 0 Å². The summed E-state index contributed by atoms with van der Waals surface area (Å²) in [4.78, 5) is 9.41. The van der Waals surface area contributed by atoms with Gasteiger partial charge in [0.05, 0.1) is 11.7 Å². The van der Waals surface area contributed by atoms with Gasteiger partial charge in [-0.1, -0.05) is 6.07 Å². The Morgan fingerprint density at radius 1 is 1.27 bits per heavy atom. The van der Waals surface area contributed by atoms with Crippen LogP contribution in [0.3, 0.4) is 0 Å². The van der Waals surface area contributed by atoms with Crippen LogP contribution in [0.1, 0.15) is 42.9 Å². The van der Waals surface area contributed by atoms with Crippen LogP contribution in [0, 0.1) is 12.8 Å². The lowest BCUT2D eigenvalue weighted by atomic mass is 9.91. The van der Waals surface area contributed by atoms with Crippen LogP contribution in [0.15, 0.2) is 36.9 Å². The maximum absolute atomic E-state index is 5.57. The Morgan fingerprint density at radius 3 is 2.92 bits per heavy atom. The monoisotopic (exact) mass is 353 g/mol. The third-order valence-corrected chi connectivity index (χ3v) is 5.26. The van der Waals surface area contributed by atoms with E-state index in [1.807, 2.05) is 6.20 Å². The first-order valence-corrected chi connectivity index (χ1v) is 9.51. The van der Waals surface area contributed by atoms with Gasteiger partial charge in [-0.25, -0.2) is 9.97 Å². The van der Waals surface area contributed by atoms with Crippen molar-refractivity contribution in [3.8, 4) is 0 Å². The van der Waals surface area contributed by atoms with Crippen molar-refractivity contribution in [1.82, 2.24) is 24.3 Å². The molecule has 0 radical (unpaired) electrons. The minimum absolute atomic E-state index is 0.223. The summed E-state index contributed by atoms with van der Waals surface area (Å²) in [7, 11) is 0. The second-order valence-corrected chi connectivity index (χ2v) is 7.08. The molecule has 1 fully saturated rings. The molecule has 0 aliphatic carbocycles. The van der Waals surface area contributed by atoms with Gasteiger partial charge in [0.2, 0.25) is 0 Å². The maximum atomic E-state index is 5.57. The molecule has 0 unspecified atom stereocenters. The summed E-state index contributed by atoms with van der Waals surface area (Å²) in [6.45, 7) is 7.61. The van der Waals surface area contributed by atoms with Crippen molar-refractivity contribution in [3.05, 3.63) is 54.0 Å². The largest absolute Gasteiger partial charge is 0.381 e.